The first kappa shape index (κ1) is 15.8. The molecule has 0 radical (unpaired) electrons. The third-order valence-corrected chi connectivity index (χ3v) is 5.24. The Kier molecular flexibility index (Phi) is 4.23. The molecule has 0 saturated carbocycles. The predicted octanol–water partition coefficient (Wildman–Crippen LogP) is 2.64. The molecule has 1 saturated heterocycles. The van der Waals surface area contributed by atoms with Crippen LogP contribution in [-0.4, -0.2) is 35.5 Å². The van der Waals surface area contributed by atoms with Gasteiger partial charge in [-0.2, -0.15) is 0 Å². The Morgan fingerprint density at radius 2 is 2.28 bits per heavy atom. The van der Waals surface area contributed by atoms with Crippen molar-refractivity contribution in [3.8, 4) is 5.75 Å². The number of likely N-dealkylation sites (tertiary alicyclic amines) is 1. The zero-order valence-electron chi connectivity index (χ0n) is 13.4. The molecule has 0 N–H and O–H groups in total. The molecular formula is C18H16N2O4S. The summed E-state index contributed by atoms with van der Waals surface area (Å²) in [7, 11) is 0. The van der Waals surface area contributed by atoms with Crippen molar-refractivity contribution in [2.75, 3.05) is 19.7 Å². The molecule has 3 heterocycles. The monoisotopic (exact) mass is 356 g/mol. The normalized spacial score (nSPS) is 17.1. The van der Waals surface area contributed by atoms with Crippen LogP contribution < -0.4 is 10.4 Å². The number of carbonyl (C=O) groups is 1. The van der Waals surface area contributed by atoms with Gasteiger partial charge in [0, 0.05) is 30.6 Å². The van der Waals surface area contributed by atoms with Crippen LogP contribution in [0.15, 0.2) is 51.1 Å². The van der Waals surface area contributed by atoms with E-state index in [2.05, 4.69) is 4.98 Å². The lowest BCUT2D eigenvalue weighted by molar-refractivity contribution is -0.132. The van der Waals surface area contributed by atoms with Gasteiger partial charge in [-0.05, 0) is 18.6 Å². The van der Waals surface area contributed by atoms with Crippen LogP contribution in [0.4, 0.5) is 0 Å². The number of carbonyl (C=O) groups excluding carboxylic acids is 1. The topological polar surface area (TPSA) is 72.6 Å². The summed E-state index contributed by atoms with van der Waals surface area (Å²) in [6, 6.07) is 8.38. The van der Waals surface area contributed by atoms with Crippen LogP contribution in [0.2, 0.25) is 0 Å². The molecule has 1 aromatic carbocycles. The second-order valence-corrected chi connectivity index (χ2v) is 6.84. The van der Waals surface area contributed by atoms with E-state index >= 15 is 0 Å². The smallest absolute Gasteiger partial charge is 0.339 e. The number of hydrogen-bond donors (Lipinski definition) is 0. The van der Waals surface area contributed by atoms with Crippen molar-refractivity contribution >= 4 is 28.2 Å². The number of para-hydroxylation sites is 1. The summed E-state index contributed by atoms with van der Waals surface area (Å²) in [4.78, 5) is 30.2. The fraction of sp³-hybridized carbons (Fsp3) is 0.278. The first-order chi connectivity index (χ1) is 12.2. The summed E-state index contributed by atoms with van der Waals surface area (Å²) in [5.74, 6) is 0.584. The minimum absolute atomic E-state index is 0.0867. The number of nitrogens with zero attached hydrogens (tertiary/aromatic N) is 2. The van der Waals surface area contributed by atoms with Crippen molar-refractivity contribution in [3.63, 3.8) is 0 Å². The summed E-state index contributed by atoms with van der Waals surface area (Å²) in [6.45, 7) is 1.26. The molecule has 4 rings (SSSR count). The molecule has 1 amide bonds. The predicted molar refractivity (Wildman–Crippen MR) is 94.0 cm³/mol. The molecule has 1 fully saturated rings. The average molecular weight is 356 g/mol. The van der Waals surface area contributed by atoms with Crippen molar-refractivity contribution in [3.05, 3.63) is 57.3 Å². The Labute approximate surface area is 147 Å². The Bertz CT molecular complexity index is 951. The molecule has 1 aliphatic rings. The Morgan fingerprint density at radius 1 is 1.40 bits per heavy atom. The number of aromatic nitrogens is 1. The van der Waals surface area contributed by atoms with E-state index in [-0.39, 0.29) is 12.5 Å². The van der Waals surface area contributed by atoms with Crippen molar-refractivity contribution in [2.24, 2.45) is 0 Å². The molecule has 0 aliphatic carbocycles. The van der Waals surface area contributed by atoms with Gasteiger partial charge < -0.3 is 14.1 Å². The lowest BCUT2D eigenvalue weighted by atomic mass is 10.1. The van der Waals surface area contributed by atoms with Crippen LogP contribution >= 0.6 is 11.3 Å². The van der Waals surface area contributed by atoms with Crippen LogP contribution in [0, 0.1) is 0 Å². The molecule has 25 heavy (non-hydrogen) atoms. The van der Waals surface area contributed by atoms with Gasteiger partial charge >= 0.3 is 5.63 Å². The lowest BCUT2D eigenvalue weighted by Crippen LogP contribution is -2.33. The summed E-state index contributed by atoms with van der Waals surface area (Å²) in [6.07, 6.45) is 2.71. The average Bonchev–Trinajstić information content (AvgIpc) is 3.30. The van der Waals surface area contributed by atoms with Crippen LogP contribution in [0.5, 0.6) is 5.75 Å². The summed E-state index contributed by atoms with van der Waals surface area (Å²) in [5.41, 5.74) is -0.0476. The van der Waals surface area contributed by atoms with Crippen molar-refractivity contribution in [1.29, 1.82) is 0 Å². The van der Waals surface area contributed by atoms with E-state index in [9.17, 15) is 9.59 Å². The van der Waals surface area contributed by atoms with Gasteiger partial charge in [0.25, 0.3) is 5.91 Å². The van der Waals surface area contributed by atoms with Crippen molar-refractivity contribution < 1.29 is 13.9 Å². The maximum atomic E-state index is 12.4. The van der Waals surface area contributed by atoms with Crippen LogP contribution in [-0.2, 0) is 4.79 Å². The fourth-order valence-corrected chi connectivity index (χ4v) is 3.82. The highest BCUT2D eigenvalue weighted by atomic mass is 32.1. The van der Waals surface area contributed by atoms with Crippen molar-refractivity contribution in [1.82, 2.24) is 9.88 Å². The van der Waals surface area contributed by atoms with Crippen LogP contribution in [0.25, 0.3) is 11.0 Å². The van der Waals surface area contributed by atoms with Gasteiger partial charge in [-0.15, -0.1) is 11.3 Å². The number of ether oxygens (including phenoxy) is 1. The fourth-order valence-electron chi connectivity index (χ4n) is 3.06. The van der Waals surface area contributed by atoms with E-state index in [1.165, 1.54) is 6.07 Å². The summed E-state index contributed by atoms with van der Waals surface area (Å²) in [5, 5.41) is 3.70. The molecule has 3 aromatic rings. The number of thiazole rings is 1. The molecule has 0 spiro atoms. The quantitative estimate of drug-likeness (QED) is 0.672. The van der Waals surface area contributed by atoms with Crippen LogP contribution in [0.1, 0.15) is 17.3 Å². The van der Waals surface area contributed by atoms with E-state index < -0.39 is 5.63 Å². The van der Waals surface area contributed by atoms with Gasteiger partial charge in [-0.1, -0.05) is 12.1 Å². The minimum atomic E-state index is -0.494. The van der Waals surface area contributed by atoms with Gasteiger partial charge in [-0.3, -0.25) is 4.79 Å². The standard InChI is InChI=1S/C18H16N2O4S/c21-16(20-7-5-12(10-20)18-19-6-8-25-18)11-23-15-9-17(22)24-14-4-2-1-3-13(14)15/h1-4,6,8-9,12H,5,7,10-11H2/t12-/m1/s1. The lowest BCUT2D eigenvalue weighted by Gasteiger charge is -2.16. The first-order valence-corrected chi connectivity index (χ1v) is 8.91. The second kappa shape index (κ2) is 6.68. The van der Waals surface area contributed by atoms with Gasteiger partial charge in [-0.25, -0.2) is 9.78 Å². The summed E-state index contributed by atoms with van der Waals surface area (Å²) >= 11 is 1.62. The van der Waals surface area contributed by atoms with Crippen molar-refractivity contribution in [2.45, 2.75) is 12.3 Å². The Balaban J connectivity index is 1.44. The third kappa shape index (κ3) is 3.28. The largest absolute Gasteiger partial charge is 0.483 e. The molecule has 0 unspecified atom stereocenters. The van der Waals surface area contributed by atoms with E-state index in [4.69, 9.17) is 9.15 Å². The highest BCUT2D eigenvalue weighted by molar-refractivity contribution is 7.09. The number of benzene rings is 1. The SMILES string of the molecule is O=C(COc1cc(=O)oc2ccccc12)N1CC[C@@H](c2nccs2)C1. The maximum Gasteiger partial charge on any atom is 0.339 e. The second-order valence-electron chi connectivity index (χ2n) is 5.91. The van der Waals surface area contributed by atoms with Crippen LogP contribution in [0.3, 0.4) is 0 Å². The number of rotatable bonds is 4. The third-order valence-electron chi connectivity index (χ3n) is 4.30. The number of hydrogen-bond acceptors (Lipinski definition) is 6. The van der Waals surface area contributed by atoms with E-state index in [1.54, 1.807) is 40.6 Å². The van der Waals surface area contributed by atoms with E-state index in [0.29, 0.717) is 35.7 Å². The zero-order valence-corrected chi connectivity index (χ0v) is 14.2. The molecule has 1 atom stereocenters. The molecule has 7 heteroatoms. The zero-order chi connectivity index (χ0) is 17.2. The molecule has 6 nitrogen and oxygen atoms in total. The van der Waals surface area contributed by atoms with Gasteiger partial charge in [0.1, 0.15) is 11.3 Å². The Hall–Kier alpha value is -2.67. The minimum Gasteiger partial charge on any atom is -0.483 e. The van der Waals surface area contributed by atoms with Gasteiger partial charge in [0.15, 0.2) is 6.61 Å². The highest BCUT2D eigenvalue weighted by Gasteiger charge is 2.29. The number of fused-ring (bicyclic) bond motifs is 1. The maximum absolute atomic E-state index is 12.4. The van der Waals surface area contributed by atoms with E-state index in [1.807, 2.05) is 11.4 Å². The van der Waals surface area contributed by atoms with Gasteiger partial charge in [0.2, 0.25) is 0 Å². The summed E-state index contributed by atoms with van der Waals surface area (Å²) < 4.78 is 10.8. The Morgan fingerprint density at radius 3 is 3.12 bits per heavy atom. The number of amides is 1. The highest BCUT2D eigenvalue weighted by Crippen LogP contribution is 2.29. The molecular weight excluding hydrogens is 340 g/mol. The molecule has 128 valence electrons. The molecule has 0 bridgehead atoms. The first-order valence-electron chi connectivity index (χ1n) is 8.03. The molecule has 1 aliphatic heterocycles. The molecule has 2 aromatic heterocycles. The van der Waals surface area contributed by atoms with E-state index in [0.717, 1.165) is 11.4 Å². The van der Waals surface area contributed by atoms with Gasteiger partial charge in [0.05, 0.1) is 16.5 Å².